The highest BCUT2D eigenvalue weighted by Crippen LogP contribution is 2.23. The molecule has 54 valence electrons. The van der Waals surface area contributed by atoms with Gasteiger partial charge in [-0.05, 0) is 11.0 Å². The highest BCUT2D eigenvalue weighted by Gasteiger charge is 2.05. The molecule has 1 aromatic rings. The van der Waals surface area contributed by atoms with Crippen LogP contribution in [0.15, 0.2) is 35.7 Å². The number of thioether (sulfide) groups is 1. The van der Waals surface area contributed by atoms with Gasteiger partial charge in [-0.15, -0.1) is 0 Å². The second-order valence-electron chi connectivity index (χ2n) is 2.24. The van der Waals surface area contributed by atoms with Crippen molar-refractivity contribution in [2.75, 3.05) is 0 Å². The summed E-state index contributed by atoms with van der Waals surface area (Å²) in [6.45, 7) is 0. The SMILES string of the molecule is [C]1NC(c2ccccc2)=CS1. The lowest BCUT2D eigenvalue weighted by atomic mass is 10.2. The van der Waals surface area contributed by atoms with Gasteiger partial charge in [-0.1, -0.05) is 42.1 Å². The van der Waals surface area contributed by atoms with E-state index in [2.05, 4.69) is 28.7 Å². The Labute approximate surface area is 70.5 Å². The first-order chi connectivity index (χ1) is 5.47. The van der Waals surface area contributed by atoms with Crippen molar-refractivity contribution in [1.82, 2.24) is 5.32 Å². The van der Waals surface area contributed by atoms with Crippen molar-refractivity contribution in [2.45, 2.75) is 0 Å². The predicted molar refractivity (Wildman–Crippen MR) is 48.4 cm³/mol. The topological polar surface area (TPSA) is 12.0 Å². The van der Waals surface area contributed by atoms with Gasteiger partial charge in [0.25, 0.3) is 0 Å². The third-order valence-corrected chi connectivity index (χ3v) is 2.08. The number of hydrogen-bond acceptors (Lipinski definition) is 2. The van der Waals surface area contributed by atoms with Gasteiger partial charge in [-0.2, -0.15) is 0 Å². The zero-order valence-corrected chi connectivity index (χ0v) is 6.69. The van der Waals surface area contributed by atoms with Crippen molar-refractivity contribution in [3.63, 3.8) is 0 Å². The molecule has 1 nitrogen and oxygen atoms in total. The molecule has 1 aliphatic heterocycles. The van der Waals surface area contributed by atoms with Crippen LogP contribution in [0.4, 0.5) is 0 Å². The van der Waals surface area contributed by atoms with Crippen LogP contribution in [-0.2, 0) is 0 Å². The van der Waals surface area contributed by atoms with E-state index in [9.17, 15) is 0 Å². The zero-order chi connectivity index (χ0) is 7.52. The molecule has 0 amide bonds. The molecule has 2 rings (SSSR count). The summed E-state index contributed by atoms with van der Waals surface area (Å²) in [5.74, 6) is 2.94. The fourth-order valence-electron chi connectivity index (χ4n) is 0.960. The molecule has 2 radical (unpaired) electrons. The average molecular weight is 161 g/mol. The van der Waals surface area contributed by atoms with Gasteiger partial charge in [-0.25, -0.2) is 0 Å². The molecule has 1 aliphatic rings. The third kappa shape index (κ3) is 1.40. The van der Waals surface area contributed by atoms with Crippen LogP contribution in [0.2, 0.25) is 0 Å². The smallest absolute Gasteiger partial charge is 0.161 e. The maximum absolute atomic E-state index is 3.05. The number of hydrogen-bond donors (Lipinski definition) is 1. The maximum atomic E-state index is 3.05. The molecular formula is C9H7NS. The highest BCUT2D eigenvalue weighted by atomic mass is 32.2. The van der Waals surface area contributed by atoms with Crippen molar-refractivity contribution >= 4 is 17.5 Å². The normalized spacial score (nSPS) is 15.8. The molecule has 0 spiro atoms. The van der Waals surface area contributed by atoms with Crippen LogP contribution in [-0.4, -0.2) is 0 Å². The van der Waals surface area contributed by atoms with E-state index in [1.165, 1.54) is 5.56 Å². The zero-order valence-electron chi connectivity index (χ0n) is 5.87. The molecule has 0 fully saturated rings. The van der Waals surface area contributed by atoms with Crippen molar-refractivity contribution in [2.24, 2.45) is 0 Å². The lowest BCUT2D eigenvalue weighted by molar-refractivity contribution is 1.21. The summed E-state index contributed by atoms with van der Waals surface area (Å²) in [5.41, 5.74) is 2.35. The molecule has 1 N–H and O–H groups in total. The van der Waals surface area contributed by atoms with Crippen LogP contribution >= 0.6 is 11.8 Å². The minimum atomic E-state index is 1.13. The Bertz CT molecular complexity index is 266. The fraction of sp³-hybridized carbons (Fsp3) is 0. The number of rotatable bonds is 1. The first-order valence-electron chi connectivity index (χ1n) is 3.39. The van der Waals surface area contributed by atoms with E-state index in [0.29, 0.717) is 0 Å². The summed E-state index contributed by atoms with van der Waals surface area (Å²) in [7, 11) is 0. The Balaban J connectivity index is 2.29. The second-order valence-corrected chi connectivity index (χ2v) is 2.92. The number of benzene rings is 1. The Morgan fingerprint density at radius 2 is 2.00 bits per heavy atom. The van der Waals surface area contributed by atoms with Gasteiger partial charge in [0.2, 0.25) is 0 Å². The molecule has 0 aromatic heterocycles. The summed E-state index contributed by atoms with van der Waals surface area (Å²) >= 11 is 1.55. The Kier molecular flexibility index (Phi) is 1.86. The predicted octanol–water partition coefficient (Wildman–Crippen LogP) is 2.32. The summed E-state index contributed by atoms with van der Waals surface area (Å²) < 4.78 is 0. The maximum Gasteiger partial charge on any atom is 0.161 e. The molecule has 11 heavy (non-hydrogen) atoms. The average Bonchev–Trinajstić information content (AvgIpc) is 2.58. The van der Waals surface area contributed by atoms with Crippen molar-refractivity contribution in [1.29, 1.82) is 0 Å². The summed E-state index contributed by atoms with van der Waals surface area (Å²) in [5, 5.41) is 5.10. The lowest BCUT2D eigenvalue weighted by Crippen LogP contribution is -2.00. The highest BCUT2D eigenvalue weighted by molar-refractivity contribution is 8.04. The van der Waals surface area contributed by atoms with Gasteiger partial charge in [0.1, 0.15) is 0 Å². The first kappa shape index (κ1) is 6.80. The van der Waals surface area contributed by atoms with E-state index < -0.39 is 0 Å². The van der Waals surface area contributed by atoms with Crippen LogP contribution in [0.3, 0.4) is 0 Å². The molecule has 0 saturated heterocycles. The van der Waals surface area contributed by atoms with Gasteiger partial charge in [0.15, 0.2) is 5.88 Å². The third-order valence-electron chi connectivity index (χ3n) is 1.51. The molecule has 0 aliphatic carbocycles. The van der Waals surface area contributed by atoms with E-state index in [1.54, 1.807) is 11.8 Å². The van der Waals surface area contributed by atoms with E-state index in [-0.39, 0.29) is 0 Å². The van der Waals surface area contributed by atoms with E-state index in [0.717, 1.165) is 5.70 Å². The Hall–Kier alpha value is -0.890. The largest absolute Gasteiger partial charge is 0.364 e. The van der Waals surface area contributed by atoms with Crippen LogP contribution in [0.5, 0.6) is 0 Å². The van der Waals surface area contributed by atoms with Crippen LogP contribution < -0.4 is 5.32 Å². The minimum Gasteiger partial charge on any atom is -0.364 e. The minimum absolute atomic E-state index is 1.13. The molecule has 1 aromatic carbocycles. The molecule has 1 heterocycles. The quantitative estimate of drug-likeness (QED) is 0.678. The monoisotopic (exact) mass is 161 g/mol. The van der Waals surface area contributed by atoms with Gasteiger partial charge < -0.3 is 5.32 Å². The molecule has 0 atom stereocenters. The molecule has 0 bridgehead atoms. The summed E-state index contributed by atoms with van der Waals surface area (Å²) in [6, 6.07) is 10.2. The first-order valence-corrected chi connectivity index (χ1v) is 4.27. The second kappa shape index (κ2) is 3.01. The molecule has 0 saturated carbocycles. The van der Waals surface area contributed by atoms with Crippen molar-refractivity contribution in [3.8, 4) is 0 Å². The van der Waals surface area contributed by atoms with Crippen molar-refractivity contribution < 1.29 is 0 Å². The van der Waals surface area contributed by atoms with Crippen LogP contribution in [0, 0.1) is 5.88 Å². The van der Waals surface area contributed by atoms with Gasteiger partial charge in [0.05, 0.1) is 0 Å². The lowest BCUT2D eigenvalue weighted by Gasteiger charge is -2.00. The van der Waals surface area contributed by atoms with Crippen LogP contribution in [0.25, 0.3) is 5.70 Å². The number of nitrogens with one attached hydrogen (secondary N) is 1. The fourth-order valence-corrected chi connectivity index (χ4v) is 1.50. The van der Waals surface area contributed by atoms with Gasteiger partial charge >= 0.3 is 0 Å². The Morgan fingerprint density at radius 1 is 1.18 bits per heavy atom. The molecular weight excluding hydrogens is 154 g/mol. The molecule has 0 unspecified atom stereocenters. The Morgan fingerprint density at radius 3 is 2.64 bits per heavy atom. The summed E-state index contributed by atoms with van der Waals surface area (Å²) in [6.07, 6.45) is 0. The van der Waals surface area contributed by atoms with Crippen molar-refractivity contribution in [3.05, 3.63) is 47.2 Å². The van der Waals surface area contributed by atoms with E-state index in [4.69, 9.17) is 0 Å². The standard InChI is InChI=1S/C9H7NS/c1-2-4-8(5-3-1)9-6-11-7-10-9/h1-6,10H. The van der Waals surface area contributed by atoms with Gasteiger partial charge in [0, 0.05) is 5.70 Å². The van der Waals surface area contributed by atoms with E-state index in [1.807, 2.05) is 18.2 Å². The van der Waals surface area contributed by atoms with Crippen LogP contribution in [0.1, 0.15) is 5.56 Å². The molecule has 2 heteroatoms. The van der Waals surface area contributed by atoms with E-state index >= 15 is 0 Å². The van der Waals surface area contributed by atoms with Gasteiger partial charge in [-0.3, -0.25) is 0 Å². The summed E-state index contributed by atoms with van der Waals surface area (Å²) in [4.78, 5) is 0.